The van der Waals surface area contributed by atoms with E-state index in [0.29, 0.717) is 4.39 Å². The van der Waals surface area contributed by atoms with E-state index in [9.17, 15) is 0 Å². The van der Waals surface area contributed by atoms with Crippen LogP contribution in [0.2, 0.25) is 0 Å². The first kappa shape index (κ1) is 10.2. The van der Waals surface area contributed by atoms with Gasteiger partial charge in [-0.15, -0.1) is 0 Å². The van der Waals surface area contributed by atoms with Gasteiger partial charge < -0.3 is 4.39 Å². The molecule has 2 heteroatoms. The number of hydrogen-bond donors (Lipinski definition) is 0. The van der Waals surface area contributed by atoms with E-state index in [-0.39, 0.29) is 0 Å². The highest BCUT2D eigenvalue weighted by Gasteiger charge is 2.00. The van der Waals surface area contributed by atoms with E-state index in [4.69, 9.17) is 7.98 Å². The highest BCUT2D eigenvalue weighted by molar-refractivity contribution is 5.97. The van der Waals surface area contributed by atoms with Crippen LogP contribution < -0.4 is 0 Å². The molecule has 0 aliphatic carbocycles. The van der Waals surface area contributed by atoms with Gasteiger partial charge in [0.05, 0.1) is 6.54 Å². The summed E-state index contributed by atoms with van der Waals surface area (Å²) in [6, 6.07) is 14.9. The molecule has 0 bridgehead atoms. The van der Waals surface area contributed by atoms with Gasteiger partial charge in [-0.25, -0.2) is 7.98 Å². The van der Waals surface area contributed by atoms with Crippen molar-refractivity contribution in [1.29, 1.82) is 0 Å². The van der Waals surface area contributed by atoms with Crippen LogP contribution in [0.15, 0.2) is 42.5 Å². The Morgan fingerprint density at radius 1 is 1.00 bits per heavy atom. The van der Waals surface area contributed by atoms with Gasteiger partial charge in [-0.3, -0.25) is 0 Å². The molecule has 3 radical (unpaired) electrons. The quantitative estimate of drug-likeness (QED) is 0.647. The van der Waals surface area contributed by atoms with Crippen LogP contribution in [0.5, 0.6) is 0 Å². The summed E-state index contributed by atoms with van der Waals surface area (Å²) >= 11 is 0. The summed E-state index contributed by atoms with van der Waals surface area (Å²) in [5.74, 6) is 0. The molecule has 0 spiro atoms. The average molecular weight is 196 g/mol. The Bertz CT molecular complexity index is 471. The smallest absolute Gasteiger partial charge is 0.0575 e. The first-order valence-electron chi connectivity index (χ1n) is 5.14. The van der Waals surface area contributed by atoms with E-state index >= 15 is 0 Å². The van der Waals surface area contributed by atoms with Gasteiger partial charge in [-0.05, 0) is 16.8 Å². The predicted octanol–water partition coefficient (Wildman–Crippen LogP) is 2.50. The van der Waals surface area contributed by atoms with Gasteiger partial charge in [0.1, 0.15) is 0 Å². The van der Waals surface area contributed by atoms with Gasteiger partial charge in [0.25, 0.3) is 0 Å². The molecular formula is C13H15BN. The summed E-state index contributed by atoms with van der Waals surface area (Å²) in [7, 11) is 9.94. The highest BCUT2D eigenvalue weighted by atomic mass is 15.2. The zero-order valence-corrected chi connectivity index (χ0v) is 9.27. The van der Waals surface area contributed by atoms with Crippen molar-refractivity contribution >= 4 is 18.8 Å². The van der Waals surface area contributed by atoms with Crippen molar-refractivity contribution in [2.24, 2.45) is 0 Å². The summed E-state index contributed by atoms with van der Waals surface area (Å²) in [5, 5.41) is 2.56. The largest absolute Gasteiger partial charge is 0.589 e. The molecular weight excluding hydrogens is 181 g/mol. The van der Waals surface area contributed by atoms with Crippen LogP contribution in [0.25, 0.3) is 10.8 Å². The maximum absolute atomic E-state index is 5.95. The second-order valence-electron chi connectivity index (χ2n) is 4.62. The molecule has 75 valence electrons. The molecule has 1 nitrogen and oxygen atoms in total. The molecule has 0 aliphatic heterocycles. The Morgan fingerprint density at radius 2 is 1.67 bits per heavy atom. The number of fused-ring (bicyclic) bond motifs is 1. The first-order valence-corrected chi connectivity index (χ1v) is 5.14. The second kappa shape index (κ2) is 3.71. The van der Waals surface area contributed by atoms with Crippen LogP contribution >= 0.6 is 0 Å². The Labute approximate surface area is 92.4 Å². The fraction of sp³-hybridized carbons (Fsp3) is 0.231. The minimum atomic E-state index is 0.471. The lowest BCUT2D eigenvalue weighted by Gasteiger charge is -2.40. The Balaban J connectivity index is 2.39. The molecule has 2 aromatic rings. The predicted molar refractivity (Wildman–Crippen MR) is 65.5 cm³/mol. The standard InChI is InChI=1S/C13H15BN/c1-15(2,14)10-11-7-8-12-5-3-4-6-13(12)9-11/h3-9H,10H2,1-2H3. The lowest BCUT2D eigenvalue weighted by atomic mass is 10.1. The molecule has 2 aromatic carbocycles. The Morgan fingerprint density at radius 3 is 2.33 bits per heavy atom. The summed E-state index contributed by atoms with van der Waals surface area (Å²) < 4.78 is 0.471. The van der Waals surface area contributed by atoms with E-state index in [0.717, 1.165) is 6.54 Å². The Hall–Kier alpha value is -1.28. The third-order valence-corrected chi connectivity index (χ3v) is 2.40. The minimum Gasteiger partial charge on any atom is -0.589 e. The van der Waals surface area contributed by atoms with Crippen molar-refractivity contribution in [3.8, 4) is 0 Å². The van der Waals surface area contributed by atoms with E-state index in [1.165, 1.54) is 16.3 Å². The fourth-order valence-corrected chi connectivity index (χ4v) is 1.81. The number of quaternary nitrogens is 1. The van der Waals surface area contributed by atoms with Crippen LogP contribution in [0.4, 0.5) is 0 Å². The summed E-state index contributed by atoms with van der Waals surface area (Å²) in [5.41, 5.74) is 1.28. The molecule has 0 saturated carbocycles. The van der Waals surface area contributed by atoms with Gasteiger partial charge in [0.2, 0.25) is 0 Å². The van der Waals surface area contributed by atoms with E-state index < -0.39 is 0 Å². The molecule has 2 rings (SSSR count). The third kappa shape index (κ3) is 2.60. The number of nitrogens with zero attached hydrogens (tertiary/aromatic N) is 1. The van der Waals surface area contributed by atoms with E-state index in [1.807, 2.05) is 14.1 Å². The maximum atomic E-state index is 5.95. The van der Waals surface area contributed by atoms with Crippen LogP contribution in [-0.2, 0) is 6.54 Å². The molecule has 0 N–H and O–H groups in total. The topological polar surface area (TPSA) is 0 Å². The lowest BCUT2D eigenvalue weighted by Crippen LogP contribution is -2.35. The van der Waals surface area contributed by atoms with Gasteiger partial charge in [-0.2, -0.15) is 0 Å². The zero-order valence-electron chi connectivity index (χ0n) is 9.27. The van der Waals surface area contributed by atoms with Crippen molar-refractivity contribution < 1.29 is 4.39 Å². The molecule has 0 heterocycles. The van der Waals surface area contributed by atoms with Crippen LogP contribution in [-0.4, -0.2) is 26.5 Å². The molecule has 0 fully saturated rings. The summed E-state index contributed by atoms with van der Waals surface area (Å²) in [6.45, 7) is 0.852. The van der Waals surface area contributed by atoms with Crippen molar-refractivity contribution in [3.63, 3.8) is 0 Å². The molecule has 0 atom stereocenters. The van der Waals surface area contributed by atoms with E-state index in [2.05, 4.69) is 42.5 Å². The Kier molecular flexibility index (Phi) is 2.53. The SMILES string of the molecule is [B-][N+](C)(C)Cc1ccc2ccccc2c1. The molecule has 15 heavy (non-hydrogen) atoms. The third-order valence-electron chi connectivity index (χ3n) is 2.40. The van der Waals surface area contributed by atoms with Crippen molar-refractivity contribution in [1.82, 2.24) is 0 Å². The summed E-state index contributed by atoms with van der Waals surface area (Å²) in [6.07, 6.45) is 0. The van der Waals surface area contributed by atoms with Gasteiger partial charge in [0.15, 0.2) is 0 Å². The van der Waals surface area contributed by atoms with Crippen LogP contribution in [0.1, 0.15) is 5.56 Å². The minimum absolute atomic E-state index is 0.471. The molecule has 0 aromatic heterocycles. The highest BCUT2D eigenvalue weighted by Crippen LogP contribution is 2.17. The fourth-order valence-electron chi connectivity index (χ4n) is 1.81. The first-order chi connectivity index (χ1) is 7.04. The van der Waals surface area contributed by atoms with E-state index in [1.54, 1.807) is 0 Å². The monoisotopic (exact) mass is 196 g/mol. The maximum Gasteiger partial charge on any atom is 0.0575 e. The van der Waals surface area contributed by atoms with Crippen molar-refractivity contribution in [3.05, 3.63) is 48.0 Å². The number of rotatable bonds is 2. The normalized spacial score (nSPS) is 11.9. The molecule has 0 amide bonds. The van der Waals surface area contributed by atoms with Gasteiger partial charge in [-0.1, -0.05) is 36.4 Å². The second-order valence-corrected chi connectivity index (χ2v) is 4.62. The molecule has 0 aliphatic rings. The molecule has 0 saturated heterocycles. The lowest BCUT2D eigenvalue weighted by molar-refractivity contribution is -0.787. The zero-order chi connectivity index (χ0) is 10.9. The number of hydrogen-bond acceptors (Lipinski definition) is 0. The van der Waals surface area contributed by atoms with Gasteiger partial charge in [0, 0.05) is 19.7 Å². The van der Waals surface area contributed by atoms with Crippen molar-refractivity contribution in [2.45, 2.75) is 6.54 Å². The van der Waals surface area contributed by atoms with Gasteiger partial charge >= 0.3 is 0 Å². The summed E-state index contributed by atoms with van der Waals surface area (Å²) in [4.78, 5) is 0. The van der Waals surface area contributed by atoms with Crippen LogP contribution in [0.3, 0.4) is 0 Å². The molecule has 0 unspecified atom stereocenters. The number of benzene rings is 2. The van der Waals surface area contributed by atoms with Crippen molar-refractivity contribution in [2.75, 3.05) is 14.1 Å². The van der Waals surface area contributed by atoms with Crippen LogP contribution in [0, 0.1) is 0 Å². The average Bonchev–Trinajstić information content (AvgIpc) is 2.15.